The van der Waals surface area contributed by atoms with Crippen molar-refractivity contribution in [1.82, 2.24) is 5.32 Å². The standard InChI is InChI=1S/C30H59NO3/c1-3-5-7-9-11-13-14-15-16-18-19-21-23-25-29(33)28(27-32)31-30(34)26-24-22-20-17-12-10-8-6-4-2/h23,25,28-29,32-33H,3-22,24,26-27H2,1-2H3,(H,31,34)/b25-23+. The first-order chi connectivity index (χ1) is 16.7. The molecule has 0 aromatic heterocycles. The molecule has 0 fully saturated rings. The van der Waals surface area contributed by atoms with E-state index in [2.05, 4.69) is 19.2 Å². The average Bonchev–Trinajstić information content (AvgIpc) is 2.84. The van der Waals surface area contributed by atoms with Crippen LogP contribution in [0.5, 0.6) is 0 Å². The molecule has 0 bridgehead atoms. The molecule has 4 heteroatoms. The molecule has 2 unspecified atom stereocenters. The Kier molecular flexibility index (Phi) is 26.0. The number of carbonyl (C=O) groups excluding carboxylic acids is 1. The lowest BCUT2D eigenvalue weighted by atomic mass is 10.0. The summed E-state index contributed by atoms with van der Waals surface area (Å²) in [5, 5.41) is 22.7. The third-order valence-corrected chi connectivity index (χ3v) is 6.77. The molecule has 3 N–H and O–H groups in total. The predicted molar refractivity (Wildman–Crippen MR) is 147 cm³/mol. The van der Waals surface area contributed by atoms with Gasteiger partial charge in [0.25, 0.3) is 0 Å². The highest BCUT2D eigenvalue weighted by atomic mass is 16.3. The van der Waals surface area contributed by atoms with Crippen molar-refractivity contribution in [2.24, 2.45) is 0 Å². The monoisotopic (exact) mass is 481 g/mol. The van der Waals surface area contributed by atoms with Crippen LogP contribution in [0.1, 0.15) is 155 Å². The highest BCUT2D eigenvalue weighted by Gasteiger charge is 2.17. The van der Waals surface area contributed by atoms with Gasteiger partial charge >= 0.3 is 0 Å². The van der Waals surface area contributed by atoms with Crippen LogP contribution in [0.3, 0.4) is 0 Å². The van der Waals surface area contributed by atoms with Gasteiger partial charge in [-0.15, -0.1) is 0 Å². The number of aliphatic hydroxyl groups is 2. The average molecular weight is 482 g/mol. The van der Waals surface area contributed by atoms with Crippen molar-refractivity contribution in [1.29, 1.82) is 0 Å². The Morgan fingerprint density at radius 3 is 1.53 bits per heavy atom. The molecule has 0 aromatic carbocycles. The van der Waals surface area contributed by atoms with Gasteiger partial charge in [-0.1, -0.05) is 142 Å². The molecule has 34 heavy (non-hydrogen) atoms. The molecule has 1 amide bonds. The summed E-state index contributed by atoms with van der Waals surface area (Å²) in [5.41, 5.74) is 0. The number of rotatable bonds is 26. The molecule has 0 aliphatic rings. The summed E-state index contributed by atoms with van der Waals surface area (Å²) < 4.78 is 0. The van der Waals surface area contributed by atoms with Crippen LogP contribution in [0.15, 0.2) is 12.2 Å². The summed E-state index contributed by atoms with van der Waals surface area (Å²) in [6.45, 7) is 4.26. The van der Waals surface area contributed by atoms with E-state index in [0.717, 1.165) is 25.7 Å². The Labute approximate surface area is 212 Å². The summed E-state index contributed by atoms with van der Waals surface area (Å²) >= 11 is 0. The maximum absolute atomic E-state index is 12.2. The molecule has 4 nitrogen and oxygen atoms in total. The molecule has 0 heterocycles. The lowest BCUT2D eigenvalue weighted by Gasteiger charge is -2.20. The molecule has 0 aliphatic heterocycles. The van der Waals surface area contributed by atoms with E-state index >= 15 is 0 Å². The van der Waals surface area contributed by atoms with Gasteiger partial charge in [-0.25, -0.2) is 0 Å². The zero-order chi connectivity index (χ0) is 25.1. The fourth-order valence-electron chi connectivity index (χ4n) is 4.41. The normalized spacial score (nSPS) is 13.4. The van der Waals surface area contributed by atoms with E-state index in [-0.39, 0.29) is 12.5 Å². The van der Waals surface area contributed by atoms with Crippen LogP contribution in [0.25, 0.3) is 0 Å². The maximum atomic E-state index is 12.2. The number of aliphatic hydroxyl groups excluding tert-OH is 2. The molecule has 0 rings (SSSR count). The minimum Gasteiger partial charge on any atom is -0.394 e. The van der Waals surface area contributed by atoms with Gasteiger partial charge < -0.3 is 15.5 Å². The van der Waals surface area contributed by atoms with E-state index in [0.29, 0.717) is 6.42 Å². The van der Waals surface area contributed by atoms with Crippen LogP contribution in [0, 0.1) is 0 Å². The van der Waals surface area contributed by atoms with Crippen molar-refractivity contribution in [3.8, 4) is 0 Å². The number of unbranched alkanes of at least 4 members (excludes halogenated alkanes) is 19. The van der Waals surface area contributed by atoms with Crippen molar-refractivity contribution in [2.75, 3.05) is 6.61 Å². The molecule has 0 saturated heterocycles. The van der Waals surface area contributed by atoms with Gasteiger partial charge in [0.15, 0.2) is 0 Å². The molecular weight excluding hydrogens is 422 g/mol. The smallest absolute Gasteiger partial charge is 0.220 e. The third kappa shape index (κ3) is 22.9. The predicted octanol–water partition coefficient (Wildman–Crippen LogP) is 8.00. The molecule has 0 aromatic rings. The first-order valence-electron chi connectivity index (χ1n) is 14.9. The van der Waals surface area contributed by atoms with Gasteiger partial charge in [0, 0.05) is 6.42 Å². The fraction of sp³-hybridized carbons (Fsp3) is 0.900. The van der Waals surface area contributed by atoms with E-state index in [9.17, 15) is 15.0 Å². The molecular formula is C30H59NO3. The van der Waals surface area contributed by atoms with Gasteiger partial charge in [-0.3, -0.25) is 4.79 Å². The largest absolute Gasteiger partial charge is 0.394 e. The Balaban J connectivity index is 3.68. The molecule has 0 aliphatic carbocycles. The first-order valence-corrected chi connectivity index (χ1v) is 14.9. The number of allylic oxidation sites excluding steroid dienone is 1. The van der Waals surface area contributed by atoms with E-state index in [1.54, 1.807) is 6.08 Å². The summed E-state index contributed by atoms with van der Waals surface area (Å²) in [4.78, 5) is 12.2. The van der Waals surface area contributed by atoms with Crippen molar-refractivity contribution in [2.45, 2.75) is 167 Å². The Hall–Kier alpha value is -0.870. The zero-order valence-electron chi connectivity index (χ0n) is 22.9. The van der Waals surface area contributed by atoms with E-state index in [1.165, 1.54) is 109 Å². The lowest BCUT2D eigenvalue weighted by molar-refractivity contribution is -0.123. The quantitative estimate of drug-likeness (QED) is 0.0865. The van der Waals surface area contributed by atoms with Gasteiger partial charge in [-0.05, 0) is 19.3 Å². The minimum atomic E-state index is -0.829. The number of nitrogens with one attached hydrogen (secondary N) is 1. The Morgan fingerprint density at radius 1 is 0.676 bits per heavy atom. The highest BCUT2D eigenvalue weighted by Crippen LogP contribution is 2.13. The van der Waals surface area contributed by atoms with Crippen LogP contribution in [-0.4, -0.2) is 34.9 Å². The number of carbonyl (C=O) groups is 1. The maximum Gasteiger partial charge on any atom is 0.220 e. The summed E-state index contributed by atoms with van der Waals surface area (Å²) in [6, 6.07) is -0.611. The van der Waals surface area contributed by atoms with Gasteiger partial charge in [0.1, 0.15) is 0 Å². The number of hydrogen-bond donors (Lipinski definition) is 3. The van der Waals surface area contributed by atoms with Crippen LogP contribution in [0.2, 0.25) is 0 Å². The molecule has 0 radical (unpaired) electrons. The molecule has 0 spiro atoms. The summed E-state index contributed by atoms with van der Waals surface area (Å²) in [5.74, 6) is -0.0696. The number of amides is 1. The lowest BCUT2D eigenvalue weighted by Crippen LogP contribution is -2.45. The van der Waals surface area contributed by atoms with E-state index in [4.69, 9.17) is 0 Å². The topological polar surface area (TPSA) is 69.6 Å². The van der Waals surface area contributed by atoms with Crippen LogP contribution in [0.4, 0.5) is 0 Å². The number of hydrogen-bond acceptors (Lipinski definition) is 3. The minimum absolute atomic E-state index is 0.0696. The van der Waals surface area contributed by atoms with Crippen molar-refractivity contribution >= 4 is 5.91 Å². The fourth-order valence-corrected chi connectivity index (χ4v) is 4.41. The Bertz CT molecular complexity index is 452. The SMILES string of the molecule is CCCCCCCCCCCCC/C=C/C(O)C(CO)NC(=O)CCCCCCCCCCC. The second-order valence-corrected chi connectivity index (χ2v) is 10.2. The second-order valence-electron chi connectivity index (χ2n) is 10.2. The summed E-state index contributed by atoms with van der Waals surface area (Å²) in [6.07, 6.45) is 29.9. The van der Waals surface area contributed by atoms with E-state index < -0.39 is 12.1 Å². The van der Waals surface area contributed by atoms with Gasteiger partial charge in [0.2, 0.25) is 5.91 Å². The molecule has 202 valence electrons. The van der Waals surface area contributed by atoms with Crippen molar-refractivity contribution in [3.05, 3.63) is 12.2 Å². The molecule has 2 atom stereocenters. The third-order valence-electron chi connectivity index (χ3n) is 6.77. The summed E-state index contributed by atoms with van der Waals surface area (Å²) in [7, 11) is 0. The molecule has 0 saturated carbocycles. The van der Waals surface area contributed by atoms with Crippen molar-refractivity contribution in [3.63, 3.8) is 0 Å². The van der Waals surface area contributed by atoms with Crippen LogP contribution >= 0.6 is 0 Å². The van der Waals surface area contributed by atoms with E-state index in [1.807, 2.05) is 6.08 Å². The second kappa shape index (κ2) is 26.7. The first kappa shape index (κ1) is 33.1. The van der Waals surface area contributed by atoms with Gasteiger partial charge in [0.05, 0.1) is 18.8 Å². The van der Waals surface area contributed by atoms with Gasteiger partial charge in [-0.2, -0.15) is 0 Å². The van der Waals surface area contributed by atoms with Crippen LogP contribution < -0.4 is 5.32 Å². The highest BCUT2D eigenvalue weighted by molar-refractivity contribution is 5.76. The zero-order valence-corrected chi connectivity index (χ0v) is 22.9. The van der Waals surface area contributed by atoms with Crippen molar-refractivity contribution < 1.29 is 15.0 Å². The Morgan fingerprint density at radius 2 is 1.09 bits per heavy atom. The van der Waals surface area contributed by atoms with Crippen LogP contribution in [-0.2, 0) is 4.79 Å².